The molecule has 0 N–H and O–H groups in total. The number of alkyl halides is 8. The molecule has 0 saturated heterocycles. The summed E-state index contributed by atoms with van der Waals surface area (Å²) in [7, 11) is 0. The van der Waals surface area contributed by atoms with Gasteiger partial charge in [-0.05, 0) is 13.3 Å². The number of esters is 2. The zero-order chi connectivity index (χ0) is 20.8. The number of ether oxygens (including phenoxy) is 2. The van der Waals surface area contributed by atoms with Crippen LogP contribution in [0.25, 0.3) is 0 Å². The third kappa shape index (κ3) is 6.27. The first kappa shape index (κ1) is 24.4. The summed E-state index contributed by atoms with van der Waals surface area (Å²) in [6, 6.07) is 0. The van der Waals surface area contributed by atoms with Gasteiger partial charge in [0.1, 0.15) is 0 Å². The standard InChI is InChI=1S/C14H18F8O4/c1-3-4-8(2)26-10(24)6-5-9(23)25-7-12(17,18)14(21,22)13(19,20)11(15)16/h8,11H,3-7H2,1-2H3. The van der Waals surface area contributed by atoms with Crippen molar-refractivity contribution in [2.24, 2.45) is 0 Å². The molecular weight excluding hydrogens is 384 g/mol. The first-order valence-electron chi connectivity index (χ1n) is 7.45. The maximum Gasteiger partial charge on any atom is 0.381 e. The fourth-order valence-electron chi connectivity index (χ4n) is 1.67. The Morgan fingerprint density at radius 1 is 0.962 bits per heavy atom. The molecule has 0 aromatic carbocycles. The molecule has 0 aromatic heterocycles. The van der Waals surface area contributed by atoms with Crippen molar-refractivity contribution in [3.8, 4) is 0 Å². The number of halogens is 8. The Morgan fingerprint density at radius 2 is 1.46 bits per heavy atom. The second kappa shape index (κ2) is 9.36. The van der Waals surface area contributed by atoms with Crippen LogP contribution in [0, 0.1) is 0 Å². The molecule has 0 aliphatic carbocycles. The van der Waals surface area contributed by atoms with Crippen LogP contribution in [0.15, 0.2) is 0 Å². The van der Waals surface area contributed by atoms with Gasteiger partial charge in [-0.25, -0.2) is 8.78 Å². The molecule has 0 saturated carbocycles. The Morgan fingerprint density at radius 3 is 1.92 bits per heavy atom. The summed E-state index contributed by atoms with van der Waals surface area (Å²) >= 11 is 0. The van der Waals surface area contributed by atoms with E-state index in [0.29, 0.717) is 12.8 Å². The summed E-state index contributed by atoms with van der Waals surface area (Å²) in [5.74, 6) is -21.0. The van der Waals surface area contributed by atoms with E-state index in [-0.39, 0.29) is 0 Å². The van der Waals surface area contributed by atoms with E-state index in [0.717, 1.165) is 0 Å². The molecule has 0 fully saturated rings. The minimum atomic E-state index is -6.46. The van der Waals surface area contributed by atoms with Gasteiger partial charge in [-0.2, -0.15) is 26.3 Å². The number of carbonyl (C=O) groups excluding carboxylic acids is 2. The first-order chi connectivity index (χ1) is 11.7. The quantitative estimate of drug-likeness (QED) is 0.384. The van der Waals surface area contributed by atoms with Crippen molar-refractivity contribution >= 4 is 11.9 Å². The van der Waals surface area contributed by atoms with Crippen molar-refractivity contribution in [3.63, 3.8) is 0 Å². The van der Waals surface area contributed by atoms with Crippen molar-refractivity contribution in [3.05, 3.63) is 0 Å². The van der Waals surface area contributed by atoms with E-state index >= 15 is 0 Å². The lowest BCUT2D eigenvalue weighted by Crippen LogP contribution is -2.59. The second-order valence-corrected chi connectivity index (χ2v) is 5.45. The molecule has 12 heteroatoms. The van der Waals surface area contributed by atoms with Gasteiger partial charge in [0, 0.05) is 0 Å². The van der Waals surface area contributed by atoms with Crippen molar-refractivity contribution in [2.45, 2.75) is 69.8 Å². The first-order valence-corrected chi connectivity index (χ1v) is 7.45. The van der Waals surface area contributed by atoms with Gasteiger partial charge in [0.15, 0.2) is 6.61 Å². The molecule has 0 aliphatic rings. The zero-order valence-corrected chi connectivity index (χ0v) is 13.8. The largest absolute Gasteiger partial charge is 0.463 e. The minimum Gasteiger partial charge on any atom is -0.463 e. The smallest absolute Gasteiger partial charge is 0.381 e. The molecule has 0 radical (unpaired) electrons. The number of carbonyl (C=O) groups is 2. The Bertz CT molecular complexity index is 482. The van der Waals surface area contributed by atoms with Gasteiger partial charge in [0.2, 0.25) is 0 Å². The van der Waals surface area contributed by atoms with E-state index in [9.17, 15) is 44.7 Å². The fraction of sp³-hybridized carbons (Fsp3) is 0.857. The number of hydrogen-bond donors (Lipinski definition) is 0. The van der Waals surface area contributed by atoms with E-state index < -0.39 is 61.7 Å². The van der Waals surface area contributed by atoms with Crippen LogP contribution in [0.4, 0.5) is 35.1 Å². The summed E-state index contributed by atoms with van der Waals surface area (Å²) in [5, 5.41) is 0. The van der Waals surface area contributed by atoms with Crippen molar-refractivity contribution < 1.29 is 54.2 Å². The lowest BCUT2D eigenvalue weighted by Gasteiger charge is -2.31. The monoisotopic (exact) mass is 402 g/mol. The second-order valence-electron chi connectivity index (χ2n) is 5.45. The predicted octanol–water partition coefficient (Wildman–Crippen LogP) is 4.21. The minimum absolute atomic E-state index is 0.469. The van der Waals surface area contributed by atoms with Crippen molar-refractivity contribution in [1.29, 1.82) is 0 Å². The Balaban J connectivity index is 4.59. The highest BCUT2D eigenvalue weighted by atomic mass is 19.4. The number of hydrogen-bond acceptors (Lipinski definition) is 4. The maximum absolute atomic E-state index is 13.1. The Hall–Kier alpha value is -1.62. The van der Waals surface area contributed by atoms with Gasteiger partial charge >= 0.3 is 36.1 Å². The van der Waals surface area contributed by atoms with Crippen LogP contribution < -0.4 is 0 Å². The van der Waals surface area contributed by atoms with Crippen LogP contribution in [0.1, 0.15) is 39.5 Å². The van der Waals surface area contributed by atoms with Crippen LogP contribution in [-0.2, 0) is 19.1 Å². The van der Waals surface area contributed by atoms with E-state index in [2.05, 4.69) is 4.74 Å². The molecule has 0 rings (SSSR count). The zero-order valence-electron chi connectivity index (χ0n) is 13.8. The molecule has 0 aromatic rings. The van der Waals surface area contributed by atoms with E-state index in [1.807, 2.05) is 6.92 Å². The molecule has 0 spiro atoms. The normalized spacial score (nSPS) is 14.3. The molecule has 1 atom stereocenters. The van der Waals surface area contributed by atoms with Gasteiger partial charge in [0.25, 0.3) is 0 Å². The van der Waals surface area contributed by atoms with Gasteiger partial charge < -0.3 is 9.47 Å². The molecule has 154 valence electrons. The fourth-order valence-corrected chi connectivity index (χ4v) is 1.67. The highest BCUT2D eigenvalue weighted by Crippen LogP contribution is 2.48. The number of rotatable bonds is 11. The van der Waals surface area contributed by atoms with E-state index in [4.69, 9.17) is 4.74 Å². The topological polar surface area (TPSA) is 52.6 Å². The SMILES string of the molecule is CCCC(C)OC(=O)CCC(=O)OCC(F)(F)C(F)(F)C(F)(F)C(F)F. The van der Waals surface area contributed by atoms with Gasteiger partial charge in [-0.3, -0.25) is 9.59 Å². The van der Waals surface area contributed by atoms with Crippen LogP contribution in [-0.4, -0.2) is 48.8 Å². The maximum atomic E-state index is 13.1. The van der Waals surface area contributed by atoms with Crippen LogP contribution in [0.2, 0.25) is 0 Å². The van der Waals surface area contributed by atoms with Crippen LogP contribution in [0.3, 0.4) is 0 Å². The Kier molecular flexibility index (Phi) is 8.77. The highest BCUT2D eigenvalue weighted by molar-refractivity contribution is 5.77. The van der Waals surface area contributed by atoms with Gasteiger partial charge in [-0.15, -0.1) is 0 Å². The molecule has 1 unspecified atom stereocenters. The third-order valence-electron chi connectivity index (χ3n) is 3.13. The molecular formula is C14H18F8O4. The molecule has 0 amide bonds. The molecule has 4 nitrogen and oxygen atoms in total. The summed E-state index contributed by atoms with van der Waals surface area (Å²) in [5.41, 5.74) is 0. The van der Waals surface area contributed by atoms with Gasteiger partial charge in [0.05, 0.1) is 18.9 Å². The van der Waals surface area contributed by atoms with Gasteiger partial charge in [-0.1, -0.05) is 13.3 Å². The summed E-state index contributed by atoms with van der Waals surface area (Å²) < 4.78 is 110. The summed E-state index contributed by atoms with van der Waals surface area (Å²) in [6.45, 7) is 0.823. The molecule has 0 heterocycles. The van der Waals surface area contributed by atoms with Crippen molar-refractivity contribution in [2.75, 3.05) is 6.61 Å². The lowest BCUT2D eigenvalue weighted by molar-refractivity contribution is -0.344. The van der Waals surface area contributed by atoms with Crippen LogP contribution in [0.5, 0.6) is 0 Å². The Labute approximate surface area is 143 Å². The molecule has 0 aliphatic heterocycles. The summed E-state index contributed by atoms with van der Waals surface area (Å²) in [4.78, 5) is 22.5. The molecule has 26 heavy (non-hydrogen) atoms. The van der Waals surface area contributed by atoms with Crippen LogP contribution >= 0.6 is 0 Å². The lowest BCUT2D eigenvalue weighted by atomic mass is 10.1. The predicted molar refractivity (Wildman–Crippen MR) is 71.5 cm³/mol. The van der Waals surface area contributed by atoms with Crippen molar-refractivity contribution in [1.82, 2.24) is 0 Å². The van der Waals surface area contributed by atoms with E-state index in [1.165, 1.54) is 0 Å². The highest BCUT2D eigenvalue weighted by Gasteiger charge is 2.75. The average Bonchev–Trinajstić information content (AvgIpc) is 2.50. The molecule has 0 bridgehead atoms. The van der Waals surface area contributed by atoms with E-state index in [1.54, 1.807) is 6.92 Å². The summed E-state index contributed by atoms with van der Waals surface area (Å²) in [6.07, 6.45) is -5.77. The average molecular weight is 402 g/mol. The third-order valence-corrected chi connectivity index (χ3v) is 3.13.